The molecule has 0 radical (unpaired) electrons. The van der Waals surface area contributed by atoms with E-state index in [0.29, 0.717) is 22.3 Å². The third-order valence-corrected chi connectivity index (χ3v) is 6.00. The molecule has 2 aromatic carbocycles. The summed E-state index contributed by atoms with van der Waals surface area (Å²) in [6, 6.07) is 24.2. The van der Waals surface area contributed by atoms with Crippen LogP contribution in [0.5, 0.6) is 0 Å². The molecule has 148 valence electrons. The van der Waals surface area contributed by atoms with Crippen LogP contribution in [0.15, 0.2) is 91.3 Å². The summed E-state index contributed by atoms with van der Waals surface area (Å²) >= 11 is 13.1. The zero-order valence-electron chi connectivity index (χ0n) is 15.7. The minimum Gasteiger partial charge on any atom is -0.358 e. The van der Waals surface area contributed by atoms with E-state index >= 15 is 0 Å². The second-order valence-electron chi connectivity index (χ2n) is 7.03. The molecule has 0 saturated carbocycles. The molecule has 4 aromatic rings. The summed E-state index contributed by atoms with van der Waals surface area (Å²) in [4.78, 5) is 8.49. The molecule has 1 aliphatic rings. The van der Waals surface area contributed by atoms with E-state index in [1.165, 1.54) is 0 Å². The topological polar surface area (TPSA) is 55.2 Å². The van der Waals surface area contributed by atoms with Crippen LogP contribution in [0.25, 0.3) is 0 Å². The average Bonchev–Trinajstić information content (AvgIpc) is 3.07. The molecular weight excluding hydrogens is 419 g/mol. The van der Waals surface area contributed by atoms with Crippen molar-refractivity contribution in [1.29, 1.82) is 0 Å². The normalized spacial score (nSPS) is 22.6. The van der Waals surface area contributed by atoms with Crippen molar-refractivity contribution in [2.75, 3.05) is 0 Å². The Bertz CT molecular complexity index is 1220. The monoisotopic (exact) mass is 434 g/mol. The fraction of sp³-hybridized carbons (Fsp3) is 0.0833. The van der Waals surface area contributed by atoms with E-state index in [1.54, 1.807) is 36.7 Å². The summed E-state index contributed by atoms with van der Waals surface area (Å²) in [6.07, 6.45) is 3.21. The van der Waals surface area contributed by atoms with Crippen LogP contribution < -0.4 is 0 Å². The van der Waals surface area contributed by atoms with Gasteiger partial charge in [-0.2, -0.15) is 0 Å². The number of hydrogen-bond acceptors (Lipinski definition) is 4. The maximum atomic E-state index is 11.9. The Balaban J connectivity index is 1.91. The molecule has 4 nitrogen and oxygen atoms in total. The van der Waals surface area contributed by atoms with Gasteiger partial charge in [-0.15, -0.1) is 0 Å². The Hall–Kier alpha value is -2.76. The van der Waals surface area contributed by atoms with Gasteiger partial charge in [0.15, 0.2) is 5.60 Å². The van der Waals surface area contributed by atoms with Crippen molar-refractivity contribution in [2.24, 2.45) is 0 Å². The number of fused-ring (bicyclic) bond motifs is 1. The van der Waals surface area contributed by atoms with Crippen LogP contribution in [0, 0.1) is 0 Å². The Kier molecular flexibility index (Phi) is 4.60. The van der Waals surface area contributed by atoms with E-state index in [2.05, 4.69) is 9.97 Å². The number of halogens is 2. The SMILES string of the molecule is OC1(c2ccccc2)OC(c2ccccc2)(c2cccnc2Cl)c2ccnc(Cl)c21. The lowest BCUT2D eigenvalue weighted by atomic mass is 9.80. The number of pyridine rings is 2. The summed E-state index contributed by atoms with van der Waals surface area (Å²) in [7, 11) is 0. The fourth-order valence-corrected chi connectivity index (χ4v) is 4.68. The van der Waals surface area contributed by atoms with E-state index in [9.17, 15) is 5.11 Å². The number of aromatic nitrogens is 2. The van der Waals surface area contributed by atoms with Crippen molar-refractivity contribution in [3.63, 3.8) is 0 Å². The molecule has 1 N–H and O–H groups in total. The predicted molar refractivity (Wildman–Crippen MR) is 115 cm³/mol. The van der Waals surface area contributed by atoms with Crippen LogP contribution in [0.2, 0.25) is 10.3 Å². The average molecular weight is 435 g/mol. The van der Waals surface area contributed by atoms with Gasteiger partial charge in [0.25, 0.3) is 0 Å². The van der Waals surface area contributed by atoms with Gasteiger partial charge in [-0.3, -0.25) is 0 Å². The van der Waals surface area contributed by atoms with E-state index in [-0.39, 0.29) is 10.3 Å². The summed E-state index contributed by atoms with van der Waals surface area (Å²) in [5, 5.41) is 12.4. The lowest BCUT2D eigenvalue weighted by Gasteiger charge is -2.34. The van der Waals surface area contributed by atoms with Crippen molar-refractivity contribution in [1.82, 2.24) is 9.97 Å². The highest BCUT2D eigenvalue weighted by Gasteiger charge is 2.57. The first-order valence-electron chi connectivity index (χ1n) is 9.37. The molecule has 0 fully saturated rings. The van der Waals surface area contributed by atoms with Crippen LogP contribution in [-0.2, 0) is 16.1 Å². The third kappa shape index (κ3) is 2.69. The number of nitrogens with zero attached hydrogens (tertiary/aromatic N) is 2. The zero-order chi connectivity index (χ0) is 20.8. The van der Waals surface area contributed by atoms with Crippen molar-refractivity contribution < 1.29 is 9.84 Å². The van der Waals surface area contributed by atoms with Gasteiger partial charge in [0.2, 0.25) is 5.79 Å². The zero-order valence-corrected chi connectivity index (χ0v) is 17.2. The van der Waals surface area contributed by atoms with Gasteiger partial charge in [-0.25, -0.2) is 9.97 Å². The van der Waals surface area contributed by atoms with E-state index in [4.69, 9.17) is 27.9 Å². The Morgan fingerprint density at radius 3 is 1.97 bits per heavy atom. The minimum absolute atomic E-state index is 0.164. The van der Waals surface area contributed by atoms with Gasteiger partial charge in [-0.1, -0.05) is 89.9 Å². The van der Waals surface area contributed by atoms with Crippen molar-refractivity contribution in [2.45, 2.75) is 11.4 Å². The molecule has 5 rings (SSSR count). The quantitative estimate of drug-likeness (QED) is 0.444. The highest BCUT2D eigenvalue weighted by molar-refractivity contribution is 6.31. The molecule has 1 aliphatic heterocycles. The number of benzene rings is 2. The fourth-order valence-electron chi connectivity index (χ4n) is 4.14. The maximum absolute atomic E-state index is 11.9. The molecule has 0 bridgehead atoms. The lowest BCUT2D eigenvalue weighted by molar-refractivity contribution is -0.208. The summed E-state index contributed by atoms with van der Waals surface area (Å²) < 4.78 is 6.63. The number of hydrogen-bond donors (Lipinski definition) is 1. The molecule has 30 heavy (non-hydrogen) atoms. The van der Waals surface area contributed by atoms with Gasteiger partial charge in [0.1, 0.15) is 10.3 Å². The number of aliphatic hydroxyl groups is 1. The highest BCUT2D eigenvalue weighted by Crippen LogP contribution is 2.57. The molecule has 2 atom stereocenters. The molecule has 0 spiro atoms. The van der Waals surface area contributed by atoms with Gasteiger partial charge >= 0.3 is 0 Å². The molecule has 0 aliphatic carbocycles. The standard InChI is InChI=1S/C24H16Cl2N2O2/c25-21-19(12-7-14-27-21)23(16-8-3-1-4-9-16)18-13-15-28-22(26)20(18)24(29,30-23)17-10-5-2-6-11-17/h1-15,29H. The molecule has 2 aromatic heterocycles. The van der Waals surface area contributed by atoms with Crippen LogP contribution in [0.4, 0.5) is 0 Å². The first kappa shape index (κ1) is 19.2. The summed E-state index contributed by atoms with van der Waals surface area (Å²) in [6.45, 7) is 0. The van der Waals surface area contributed by atoms with E-state index in [0.717, 1.165) is 5.56 Å². The van der Waals surface area contributed by atoms with Crippen LogP contribution in [0.1, 0.15) is 27.8 Å². The summed E-state index contributed by atoms with van der Waals surface area (Å²) in [5.41, 5.74) is 1.75. The van der Waals surface area contributed by atoms with Gasteiger partial charge in [0.05, 0.1) is 5.56 Å². The van der Waals surface area contributed by atoms with Gasteiger partial charge in [0, 0.05) is 29.1 Å². The first-order chi connectivity index (χ1) is 14.6. The first-order valence-corrected chi connectivity index (χ1v) is 10.1. The highest BCUT2D eigenvalue weighted by atomic mass is 35.5. The molecule has 3 heterocycles. The van der Waals surface area contributed by atoms with E-state index < -0.39 is 11.4 Å². The lowest BCUT2D eigenvalue weighted by Crippen LogP contribution is -2.35. The van der Waals surface area contributed by atoms with Crippen LogP contribution in [0.3, 0.4) is 0 Å². The van der Waals surface area contributed by atoms with Crippen molar-refractivity contribution >= 4 is 23.2 Å². The van der Waals surface area contributed by atoms with Gasteiger partial charge < -0.3 is 9.84 Å². The second kappa shape index (κ2) is 7.18. The second-order valence-corrected chi connectivity index (χ2v) is 7.74. The predicted octanol–water partition coefficient (Wildman–Crippen LogP) is 5.30. The molecule has 6 heteroatoms. The Labute approximate surface area is 183 Å². The maximum Gasteiger partial charge on any atom is 0.224 e. The van der Waals surface area contributed by atoms with Gasteiger partial charge in [-0.05, 0) is 17.7 Å². The third-order valence-electron chi connectivity index (χ3n) is 5.41. The van der Waals surface area contributed by atoms with Crippen LogP contribution >= 0.6 is 23.2 Å². The molecule has 0 amide bonds. The largest absolute Gasteiger partial charge is 0.358 e. The Morgan fingerprint density at radius 2 is 1.30 bits per heavy atom. The number of ether oxygens (including phenoxy) is 1. The molecule has 0 saturated heterocycles. The Morgan fingerprint density at radius 1 is 0.667 bits per heavy atom. The van der Waals surface area contributed by atoms with Crippen molar-refractivity contribution in [3.8, 4) is 0 Å². The van der Waals surface area contributed by atoms with Crippen LogP contribution in [-0.4, -0.2) is 15.1 Å². The number of rotatable bonds is 3. The minimum atomic E-state index is -1.84. The molecule has 2 unspecified atom stereocenters. The smallest absolute Gasteiger partial charge is 0.224 e. The molecular formula is C24H16Cl2N2O2. The summed E-state index contributed by atoms with van der Waals surface area (Å²) in [5.74, 6) is -1.84. The van der Waals surface area contributed by atoms with Crippen molar-refractivity contribution in [3.05, 3.63) is 129 Å². The van der Waals surface area contributed by atoms with E-state index in [1.807, 2.05) is 54.6 Å².